The maximum atomic E-state index is 7.83. The van der Waals surface area contributed by atoms with Gasteiger partial charge in [-0.1, -0.05) is 30.5 Å². The number of nitrogens with zero attached hydrogens (tertiary/aromatic N) is 1. The molecule has 0 radical (unpaired) electrons. The summed E-state index contributed by atoms with van der Waals surface area (Å²) in [5.74, 6) is 0.875. The van der Waals surface area contributed by atoms with Gasteiger partial charge in [-0.3, -0.25) is 5.41 Å². The first-order valence-electron chi connectivity index (χ1n) is 7.58. The van der Waals surface area contributed by atoms with E-state index in [0.29, 0.717) is 16.6 Å². The summed E-state index contributed by atoms with van der Waals surface area (Å²) in [6, 6.07) is 6.47. The molecule has 2 fully saturated rings. The summed E-state index contributed by atoms with van der Waals surface area (Å²) in [5.41, 5.74) is 7.53. The van der Waals surface area contributed by atoms with Crippen LogP contribution in [0.2, 0.25) is 5.02 Å². The Morgan fingerprint density at radius 3 is 2.75 bits per heavy atom. The van der Waals surface area contributed by atoms with Crippen LogP contribution in [0.15, 0.2) is 18.2 Å². The molecule has 4 heteroatoms. The lowest BCUT2D eigenvalue weighted by molar-refractivity contribution is 0.244. The van der Waals surface area contributed by atoms with Crippen molar-refractivity contribution in [2.24, 2.45) is 11.7 Å². The molecule has 2 unspecified atom stereocenters. The summed E-state index contributed by atoms with van der Waals surface area (Å²) in [7, 11) is 0. The molecule has 3 N–H and O–H groups in total. The minimum atomic E-state index is 0.0727. The number of nitrogens with one attached hydrogen (secondary N) is 1. The number of rotatable bonds is 2. The summed E-state index contributed by atoms with van der Waals surface area (Å²) in [5, 5.41) is 8.43. The van der Waals surface area contributed by atoms with E-state index in [9.17, 15) is 0 Å². The fraction of sp³-hybridized carbons (Fsp3) is 0.562. The lowest BCUT2D eigenvalue weighted by Crippen LogP contribution is -2.47. The van der Waals surface area contributed by atoms with Crippen molar-refractivity contribution < 1.29 is 0 Å². The van der Waals surface area contributed by atoms with Gasteiger partial charge in [0.1, 0.15) is 5.84 Å². The van der Waals surface area contributed by atoms with Crippen molar-refractivity contribution >= 4 is 23.1 Å². The molecule has 1 heterocycles. The summed E-state index contributed by atoms with van der Waals surface area (Å²) in [6.07, 6.45) is 7.85. The van der Waals surface area contributed by atoms with Crippen LogP contribution in [0.3, 0.4) is 0 Å². The largest absolute Gasteiger partial charge is 0.384 e. The van der Waals surface area contributed by atoms with Crippen LogP contribution >= 0.6 is 11.6 Å². The van der Waals surface area contributed by atoms with Crippen LogP contribution in [0.5, 0.6) is 0 Å². The highest BCUT2D eigenvalue weighted by atomic mass is 35.5. The van der Waals surface area contributed by atoms with Gasteiger partial charge in [0.2, 0.25) is 0 Å². The Morgan fingerprint density at radius 2 is 1.95 bits per heavy atom. The van der Waals surface area contributed by atoms with E-state index in [1.54, 1.807) is 0 Å². The van der Waals surface area contributed by atoms with Crippen molar-refractivity contribution in [3.63, 3.8) is 0 Å². The number of amidine groups is 1. The molecule has 0 amide bonds. The number of fused-ring (bicyclic) bond motifs is 1. The number of nitrogens with two attached hydrogens (primary N) is 1. The lowest BCUT2D eigenvalue weighted by atomic mass is 9.78. The van der Waals surface area contributed by atoms with Gasteiger partial charge in [-0.25, -0.2) is 0 Å². The van der Waals surface area contributed by atoms with Gasteiger partial charge in [0.15, 0.2) is 0 Å². The molecule has 20 heavy (non-hydrogen) atoms. The number of hydrogen-bond acceptors (Lipinski definition) is 2. The monoisotopic (exact) mass is 291 g/mol. The molecular weight excluding hydrogens is 270 g/mol. The molecule has 3 nitrogen and oxygen atoms in total. The van der Waals surface area contributed by atoms with Crippen molar-refractivity contribution in [3.8, 4) is 0 Å². The minimum Gasteiger partial charge on any atom is -0.384 e. The Labute approximate surface area is 125 Å². The zero-order valence-corrected chi connectivity index (χ0v) is 12.5. The molecule has 0 spiro atoms. The number of halogens is 1. The second-order valence-electron chi connectivity index (χ2n) is 6.00. The van der Waals surface area contributed by atoms with Crippen LogP contribution in [0.25, 0.3) is 0 Å². The number of nitrogen functional groups attached to an aromatic ring is 1. The molecule has 2 atom stereocenters. The lowest BCUT2D eigenvalue weighted by Gasteiger charge is -2.46. The fourth-order valence-electron chi connectivity index (χ4n) is 3.94. The molecular formula is C16H22ClN3. The number of piperidine rings is 1. The first-order valence-corrected chi connectivity index (χ1v) is 7.96. The minimum absolute atomic E-state index is 0.0727. The normalized spacial score (nSPS) is 26.1. The van der Waals surface area contributed by atoms with Crippen LogP contribution < -0.4 is 10.6 Å². The molecule has 1 saturated carbocycles. The van der Waals surface area contributed by atoms with Gasteiger partial charge < -0.3 is 10.6 Å². The van der Waals surface area contributed by atoms with Gasteiger partial charge in [0.25, 0.3) is 0 Å². The number of hydrogen-bond donors (Lipinski definition) is 2. The number of anilines is 1. The molecule has 1 aliphatic heterocycles. The van der Waals surface area contributed by atoms with Crippen LogP contribution in [0.4, 0.5) is 5.69 Å². The van der Waals surface area contributed by atoms with E-state index in [0.717, 1.165) is 18.2 Å². The number of benzene rings is 1. The van der Waals surface area contributed by atoms with E-state index in [1.807, 2.05) is 12.1 Å². The highest BCUT2D eigenvalue weighted by molar-refractivity contribution is 6.34. The first-order chi connectivity index (χ1) is 9.68. The average Bonchev–Trinajstić information content (AvgIpc) is 2.46. The van der Waals surface area contributed by atoms with E-state index < -0.39 is 0 Å². The zero-order valence-electron chi connectivity index (χ0n) is 11.7. The molecule has 0 aromatic heterocycles. The van der Waals surface area contributed by atoms with E-state index >= 15 is 0 Å². The van der Waals surface area contributed by atoms with E-state index in [2.05, 4.69) is 11.0 Å². The Bertz CT molecular complexity index is 512. The Kier molecular flexibility index (Phi) is 3.88. The SMILES string of the molecule is N=C(N)c1c(Cl)cccc1N1CCCC2CCCCC21. The summed E-state index contributed by atoms with van der Waals surface area (Å²) < 4.78 is 0. The third-order valence-electron chi connectivity index (χ3n) is 4.81. The molecule has 1 aromatic rings. The van der Waals surface area contributed by atoms with Gasteiger partial charge in [0, 0.05) is 18.3 Å². The molecule has 2 aliphatic rings. The van der Waals surface area contributed by atoms with Crippen molar-refractivity contribution in [3.05, 3.63) is 28.8 Å². The predicted molar refractivity (Wildman–Crippen MR) is 84.8 cm³/mol. The van der Waals surface area contributed by atoms with Crippen LogP contribution in [-0.2, 0) is 0 Å². The first kappa shape index (κ1) is 13.7. The van der Waals surface area contributed by atoms with Crippen molar-refractivity contribution in [2.45, 2.75) is 44.6 Å². The van der Waals surface area contributed by atoms with E-state index in [4.69, 9.17) is 22.7 Å². The standard InChI is InChI=1S/C16H22ClN3/c17-12-7-3-9-14(15(12)16(18)19)20-10-4-6-11-5-1-2-8-13(11)20/h3,7,9,11,13H,1-2,4-6,8,10H2,(H3,18,19). The highest BCUT2D eigenvalue weighted by Gasteiger charge is 2.34. The van der Waals surface area contributed by atoms with E-state index in [-0.39, 0.29) is 5.84 Å². The Morgan fingerprint density at radius 1 is 1.20 bits per heavy atom. The molecule has 1 aromatic carbocycles. The van der Waals surface area contributed by atoms with Crippen LogP contribution in [-0.4, -0.2) is 18.4 Å². The van der Waals surface area contributed by atoms with Gasteiger partial charge in [0.05, 0.1) is 10.6 Å². The third kappa shape index (κ3) is 2.39. The summed E-state index contributed by atoms with van der Waals surface area (Å²) in [4.78, 5) is 2.47. The predicted octanol–water partition coefficient (Wildman–Crippen LogP) is 3.78. The topological polar surface area (TPSA) is 53.1 Å². The van der Waals surface area contributed by atoms with Gasteiger partial charge in [-0.2, -0.15) is 0 Å². The van der Waals surface area contributed by atoms with Gasteiger partial charge in [-0.05, 0) is 43.7 Å². The van der Waals surface area contributed by atoms with Crippen LogP contribution in [0.1, 0.15) is 44.1 Å². The maximum absolute atomic E-state index is 7.83. The smallest absolute Gasteiger partial charge is 0.126 e. The fourth-order valence-corrected chi connectivity index (χ4v) is 4.21. The second kappa shape index (κ2) is 5.65. The van der Waals surface area contributed by atoms with Gasteiger partial charge in [-0.15, -0.1) is 0 Å². The average molecular weight is 292 g/mol. The Balaban J connectivity index is 1.99. The van der Waals surface area contributed by atoms with Crippen LogP contribution in [0, 0.1) is 11.3 Å². The summed E-state index contributed by atoms with van der Waals surface area (Å²) >= 11 is 6.27. The molecule has 0 bridgehead atoms. The molecule has 1 saturated heterocycles. The highest BCUT2D eigenvalue weighted by Crippen LogP contribution is 2.39. The van der Waals surface area contributed by atoms with E-state index in [1.165, 1.54) is 38.5 Å². The quantitative estimate of drug-likeness (QED) is 0.643. The molecule has 108 valence electrons. The van der Waals surface area contributed by atoms with Crippen molar-refractivity contribution in [1.82, 2.24) is 0 Å². The van der Waals surface area contributed by atoms with Crippen molar-refractivity contribution in [2.75, 3.05) is 11.4 Å². The molecule has 1 aliphatic carbocycles. The molecule has 3 rings (SSSR count). The van der Waals surface area contributed by atoms with Gasteiger partial charge >= 0.3 is 0 Å². The maximum Gasteiger partial charge on any atom is 0.126 e. The zero-order chi connectivity index (χ0) is 14.1. The Hall–Kier alpha value is -1.22. The second-order valence-corrected chi connectivity index (χ2v) is 6.40. The third-order valence-corrected chi connectivity index (χ3v) is 5.13. The summed E-state index contributed by atoms with van der Waals surface area (Å²) in [6.45, 7) is 1.06. The van der Waals surface area contributed by atoms with Crippen molar-refractivity contribution in [1.29, 1.82) is 5.41 Å².